The molecule has 0 bridgehead atoms. The molecule has 1 aliphatic rings. The molecule has 24 heavy (non-hydrogen) atoms. The fraction of sp³-hybridized carbons (Fsp3) is 0.353. The minimum atomic E-state index is -0.954. The number of nitrogens with zero attached hydrogens (tertiary/aromatic N) is 2. The van der Waals surface area contributed by atoms with Crippen LogP contribution < -0.4 is 5.32 Å². The Balaban J connectivity index is 1.61. The van der Waals surface area contributed by atoms with Gasteiger partial charge >= 0.3 is 5.97 Å². The van der Waals surface area contributed by atoms with Crippen LogP contribution in [0.25, 0.3) is 11.0 Å². The average Bonchev–Trinajstić information content (AvgIpc) is 3.07. The number of imidazole rings is 1. The zero-order valence-corrected chi connectivity index (χ0v) is 14.3. The average molecular weight is 342 g/mol. The summed E-state index contributed by atoms with van der Waals surface area (Å²) in [6.07, 6.45) is 3.23. The molecule has 6 nitrogen and oxygen atoms in total. The van der Waals surface area contributed by atoms with Gasteiger partial charge < -0.3 is 15.4 Å². The van der Waals surface area contributed by atoms with E-state index in [1.54, 1.807) is 29.5 Å². The number of hydrogen-bond acceptors (Lipinski definition) is 5. The van der Waals surface area contributed by atoms with E-state index in [-0.39, 0.29) is 5.56 Å². The number of carbonyl (C=O) groups is 1. The number of carboxylic acid groups (broad SMARTS) is 1. The van der Waals surface area contributed by atoms with Crippen molar-refractivity contribution in [3.8, 4) is 0 Å². The van der Waals surface area contributed by atoms with Crippen LogP contribution in [0.5, 0.6) is 0 Å². The predicted octanol–water partition coefficient (Wildman–Crippen LogP) is 3.98. The lowest BCUT2D eigenvalue weighted by Crippen LogP contribution is -2.20. The van der Waals surface area contributed by atoms with Crippen molar-refractivity contribution in [1.29, 1.82) is 0 Å². The van der Waals surface area contributed by atoms with E-state index in [1.807, 2.05) is 0 Å². The molecule has 0 fully saturated rings. The van der Waals surface area contributed by atoms with Crippen molar-refractivity contribution >= 4 is 39.4 Å². The zero-order valence-electron chi connectivity index (χ0n) is 13.5. The van der Waals surface area contributed by atoms with Gasteiger partial charge in [-0.15, -0.1) is 11.3 Å². The zero-order chi connectivity index (χ0) is 16.9. The quantitative estimate of drug-likeness (QED) is 0.670. The van der Waals surface area contributed by atoms with Crippen molar-refractivity contribution in [2.24, 2.45) is 5.41 Å². The normalized spacial score (nSPS) is 16.1. The maximum absolute atomic E-state index is 11.0. The lowest BCUT2D eigenvalue weighted by Gasteiger charge is -2.28. The molecule has 0 spiro atoms. The van der Waals surface area contributed by atoms with Crippen LogP contribution in [0.1, 0.15) is 41.2 Å². The van der Waals surface area contributed by atoms with Gasteiger partial charge in [-0.1, -0.05) is 13.8 Å². The van der Waals surface area contributed by atoms with Crippen molar-refractivity contribution in [3.05, 3.63) is 34.3 Å². The smallest absolute Gasteiger partial charge is 0.335 e. The van der Waals surface area contributed by atoms with Gasteiger partial charge in [-0.25, -0.2) is 14.8 Å². The topological polar surface area (TPSA) is 90.9 Å². The van der Waals surface area contributed by atoms with E-state index in [4.69, 9.17) is 5.11 Å². The summed E-state index contributed by atoms with van der Waals surface area (Å²) < 4.78 is 0. The van der Waals surface area contributed by atoms with E-state index < -0.39 is 5.97 Å². The maximum Gasteiger partial charge on any atom is 0.335 e. The third-order valence-corrected chi connectivity index (χ3v) is 5.42. The van der Waals surface area contributed by atoms with Crippen molar-refractivity contribution in [2.75, 3.05) is 5.32 Å². The van der Waals surface area contributed by atoms with E-state index in [9.17, 15) is 4.79 Å². The van der Waals surface area contributed by atoms with Gasteiger partial charge in [0.2, 0.25) is 5.95 Å². The molecule has 3 N–H and O–H groups in total. The first-order valence-corrected chi connectivity index (χ1v) is 8.70. The molecule has 124 valence electrons. The fourth-order valence-corrected chi connectivity index (χ4v) is 4.31. The third kappa shape index (κ3) is 2.75. The number of carboxylic acids is 1. The molecular weight excluding hydrogens is 324 g/mol. The number of rotatable bonds is 3. The number of aromatic nitrogens is 3. The fourth-order valence-electron chi connectivity index (χ4n) is 3.05. The molecule has 0 unspecified atom stereocenters. The van der Waals surface area contributed by atoms with Crippen molar-refractivity contribution in [3.63, 3.8) is 0 Å². The van der Waals surface area contributed by atoms with Gasteiger partial charge in [0.25, 0.3) is 0 Å². The number of aryl methyl sites for hydroxylation is 1. The Morgan fingerprint density at radius 3 is 3.00 bits per heavy atom. The van der Waals surface area contributed by atoms with E-state index in [1.165, 1.54) is 10.6 Å². The number of thiazole rings is 1. The van der Waals surface area contributed by atoms with Gasteiger partial charge in [0.15, 0.2) is 5.13 Å². The highest BCUT2D eigenvalue weighted by Crippen LogP contribution is 2.39. The number of hydrogen-bond donors (Lipinski definition) is 3. The number of anilines is 2. The number of benzene rings is 1. The van der Waals surface area contributed by atoms with Crippen molar-refractivity contribution < 1.29 is 9.90 Å². The third-order valence-electron chi connectivity index (χ3n) is 4.41. The molecule has 1 aliphatic carbocycles. The van der Waals surface area contributed by atoms with E-state index in [2.05, 4.69) is 34.1 Å². The van der Waals surface area contributed by atoms with Gasteiger partial charge in [-0.05, 0) is 42.9 Å². The molecular formula is C17H18N4O2S. The van der Waals surface area contributed by atoms with Crippen LogP contribution in [0.15, 0.2) is 18.2 Å². The summed E-state index contributed by atoms with van der Waals surface area (Å²) in [5, 5.41) is 13.1. The molecule has 2 heterocycles. The van der Waals surface area contributed by atoms with E-state index in [0.29, 0.717) is 16.9 Å². The Bertz CT molecular complexity index is 941. The van der Waals surface area contributed by atoms with Gasteiger partial charge in [-0.2, -0.15) is 0 Å². The first-order valence-electron chi connectivity index (χ1n) is 7.88. The summed E-state index contributed by atoms with van der Waals surface area (Å²) in [6, 6.07) is 4.86. The Labute approximate surface area is 143 Å². The second-order valence-electron chi connectivity index (χ2n) is 6.98. The highest BCUT2D eigenvalue weighted by atomic mass is 32.1. The van der Waals surface area contributed by atoms with Crippen LogP contribution in [0.2, 0.25) is 0 Å². The van der Waals surface area contributed by atoms with Crippen LogP contribution in [-0.2, 0) is 12.8 Å². The highest BCUT2D eigenvalue weighted by molar-refractivity contribution is 7.15. The predicted molar refractivity (Wildman–Crippen MR) is 94.3 cm³/mol. The van der Waals surface area contributed by atoms with Crippen molar-refractivity contribution in [1.82, 2.24) is 15.0 Å². The Hall–Kier alpha value is -2.41. The number of aromatic amines is 1. The number of nitrogens with one attached hydrogen (secondary N) is 2. The Morgan fingerprint density at radius 1 is 1.38 bits per heavy atom. The second kappa shape index (κ2) is 5.31. The first kappa shape index (κ1) is 15.1. The number of H-pyrrole nitrogens is 1. The van der Waals surface area contributed by atoms with Gasteiger partial charge in [-0.3, -0.25) is 0 Å². The van der Waals surface area contributed by atoms with E-state index in [0.717, 1.165) is 29.9 Å². The summed E-state index contributed by atoms with van der Waals surface area (Å²) in [7, 11) is 0. The first-order chi connectivity index (χ1) is 11.4. The van der Waals surface area contributed by atoms with Crippen LogP contribution in [0.3, 0.4) is 0 Å². The molecule has 0 aliphatic heterocycles. The summed E-state index contributed by atoms with van der Waals surface area (Å²) in [5.41, 5.74) is 3.17. The summed E-state index contributed by atoms with van der Waals surface area (Å²) in [5.74, 6) is -0.373. The van der Waals surface area contributed by atoms with Crippen LogP contribution in [0, 0.1) is 5.41 Å². The van der Waals surface area contributed by atoms with E-state index >= 15 is 0 Å². The Kier molecular flexibility index (Phi) is 3.35. The molecule has 4 rings (SSSR count). The SMILES string of the molecule is CC1(C)CCc2nc(Nc3nc4cc(C(=O)O)ccc4[nH]3)sc2C1. The van der Waals surface area contributed by atoms with Crippen LogP contribution >= 0.6 is 11.3 Å². The largest absolute Gasteiger partial charge is 0.478 e. The van der Waals surface area contributed by atoms with Gasteiger partial charge in [0, 0.05) is 4.88 Å². The molecule has 0 amide bonds. The molecule has 1 aromatic carbocycles. The molecule has 7 heteroatoms. The molecule has 0 atom stereocenters. The Morgan fingerprint density at radius 2 is 2.21 bits per heavy atom. The number of fused-ring (bicyclic) bond motifs is 2. The lowest BCUT2D eigenvalue weighted by atomic mass is 9.79. The summed E-state index contributed by atoms with van der Waals surface area (Å²) in [6.45, 7) is 4.59. The summed E-state index contributed by atoms with van der Waals surface area (Å²) >= 11 is 1.67. The summed E-state index contributed by atoms with van der Waals surface area (Å²) in [4.78, 5) is 24.7. The van der Waals surface area contributed by atoms with Crippen LogP contribution in [-0.4, -0.2) is 26.0 Å². The van der Waals surface area contributed by atoms with Gasteiger partial charge in [0.1, 0.15) is 0 Å². The molecule has 2 aromatic heterocycles. The molecule has 3 aromatic rings. The maximum atomic E-state index is 11.0. The minimum absolute atomic E-state index is 0.229. The van der Waals surface area contributed by atoms with Gasteiger partial charge in [0.05, 0.1) is 22.3 Å². The molecule has 0 radical (unpaired) electrons. The van der Waals surface area contributed by atoms with Crippen LogP contribution in [0.4, 0.5) is 11.1 Å². The molecule has 0 saturated carbocycles. The van der Waals surface area contributed by atoms with Crippen molar-refractivity contribution in [2.45, 2.75) is 33.1 Å². The standard InChI is InChI=1S/C17H18N4O2S/c1-17(2)6-5-11-13(8-17)24-16(20-11)21-15-18-10-4-3-9(14(22)23)7-12(10)19-15/h3-4,7H,5-6,8H2,1-2H3,(H,22,23)(H2,18,19,20,21). The molecule has 0 saturated heterocycles. The lowest BCUT2D eigenvalue weighted by molar-refractivity contribution is 0.0697. The number of aromatic carboxylic acids is 1. The highest BCUT2D eigenvalue weighted by Gasteiger charge is 2.28. The second-order valence-corrected chi connectivity index (χ2v) is 8.06. The minimum Gasteiger partial charge on any atom is -0.478 e. The monoisotopic (exact) mass is 342 g/mol.